The third-order valence-electron chi connectivity index (χ3n) is 2.87. The number of aromatic nitrogens is 1. The molecule has 18 heavy (non-hydrogen) atoms. The summed E-state index contributed by atoms with van der Waals surface area (Å²) in [6.07, 6.45) is -1.34. The molecule has 1 fully saturated rings. The van der Waals surface area contributed by atoms with Gasteiger partial charge < -0.3 is 9.84 Å². The number of carbonyl (C=O) groups is 1. The summed E-state index contributed by atoms with van der Waals surface area (Å²) in [5.41, 5.74) is -1.03. The summed E-state index contributed by atoms with van der Waals surface area (Å²) in [5.74, 6) is 0.0857. The monoisotopic (exact) mass is 262 g/mol. The Bertz CT molecular complexity index is 428. The minimum Gasteiger partial charge on any atom is -0.361 e. The van der Waals surface area contributed by atoms with Crippen LogP contribution in [0.5, 0.6) is 0 Å². The first-order chi connectivity index (χ1) is 8.45. The average molecular weight is 262 g/mol. The van der Waals surface area contributed by atoms with Gasteiger partial charge in [0.15, 0.2) is 5.69 Å². The first kappa shape index (κ1) is 12.9. The van der Waals surface area contributed by atoms with Crippen LogP contribution in [0.3, 0.4) is 0 Å². The second-order valence-corrected chi connectivity index (χ2v) is 4.39. The standard InChI is InChI=1S/C11H13F3N2O2/c12-11(13,14)9-6-8(18-16-9)5-7-3-1-2-4-10(17)15-7/h6-7H,1-5H2,(H,15,17). The molecule has 100 valence electrons. The van der Waals surface area contributed by atoms with Crippen molar-refractivity contribution < 1.29 is 22.5 Å². The van der Waals surface area contributed by atoms with E-state index < -0.39 is 11.9 Å². The summed E-state index contributed by atoms with van der Waals surface area (Å²) in [6.45, 7) is 0. The summed E-state index contributed by atoms with van der Waals surface area (Å²) >= 11 is 0. The average Bonchev–Trinajstić information content (AvgIpc) is 2.63. The largest absolute Gasteiger partial charge is 0.436 e. The molecule has 1 aromatic rings. The fourth-order valence-electron chi connectivity index (χ4n) is 1.99. The summed E-state index contributed by atoms with van der Waals surface area (Å²) in [7, 11) is 0. The Balaban J connectivity index is 2.00. The van der Waals surface area contributed by atoms with E-state index >= 15 is 0 Å². The molecule has 0 radical (unpaired) electrons. The maximum absolute atomic E-state index is 12.3. The maximum Gasteiger partial charge on any atom is 0.436 e. The van der Waals surface area contributed by atoms with Crippen molar-refractivity contribution in [3.05, 3.63) is 17.5 Å². The van der Waals surface area contributed by atoms with Crippen molar-refractivity contribution in [1.29, 1.82) is 0 Å². The van der Waals surface area contributed by atoms with Crippen LogP contribution < -0.4 is 5.32 Å². The van der Waals surface area contributed by atoms with Gasteiger partial charge in [-0.05, 0) is 12.8 Å². The van der Waals surface area contributed by atoms with Crippen LogP contribution in [0.1, 0.15) is 37.1 Å². The number of nitrogens with one attached hydrogen (secondary N) is 1. The van der Waals surface area contributed by atoms with Crippen molar-refractivity contribution >= 4 is 5.91 Å². The predicted octanol–water partition coefficient (Wildman–Crippen LogP) is 2.29. The number of hydrogen-bond donors (Lipinski definition) is 1. The Labute approximate surface area is 102 Å². The highest BCUT2D eigenvalue weighted by Gasteiger charge is 2.35. The molecule has 1 saturated heterocycles. The Kier molecular flexibility index (Phi) is 3.58. The molecule has 0 aromatic carbocycles. The van der Waals surface area contributed by atoms with E-state index in [1.54, 1.807) is 0 Å². The van der Waals surface area contributed by atoms with Gasteiger partial charge in [0.05, 0.1) is 0 Å². The molecule has 1 aliphatic heterocycles. The molecular formula is C11H13F3N2O2. The third kappa shape index (κ3) is 3.24. The Morgan fingerprint density at radius 1 is 1.44 bits per heavy atom. The van der Waals surface area contributed by atoms with Crippen LogP contribution in [-0.4, -0.2) is 17.1 Å². The van der Waals surface area contributed by atoms with Gasteiger partial charge in [0.25, 0.3) is 0 Å². The lowest BCUT2D eigenvalue weighted by Gasteiger charge is -2.13. The van der Waals surface area contributed by atoms with Gasteiger partial charge in [-0.15, -0.1) is 0 Å². The molecular weight excluding hydrogens is 249 g/mol. The molecule has 1 aliphatic rings. The molecule has 4 nitrogen and oxygen atoms in total. The molecule has 0 aliphatic carbocycles. The lowest BCUT2D eigenvalue weighted by atomic mass is 10.1. The van der Waals surface area contributed by atoms with E-state index in [-0.39, 0.29) is 24.1 Å². The smallest absolute Gasteiger partial charge is 0.361 e. The van der Waals surface area contributed by atoms with Gasteiger partial charge >= 0.3 is 6.18 Å². The zero-order valence-corrected chi connectivity index (χ0v) is 9.59. The van der Waals surface area contributed by atoms with E-state index in [0.29, 0.717) is 6.42 Å². The summed E-state index contributed by atoms with van der Waals surface area (Å²) in [6, 6.07) is 0.714. The normalized spacial score (nSPS) is 21.5. The lowest BCUT2D eigenvalue weighted by Crippen LogP contribution is -2.34. The molecule has 7 heteroatoms. The van der Waals surface area contributed by atoms with E-state index in [1.165, 1.54) is 0 Å². The van der Waals surface area contributed by atoms with Gasteiger partial charge in [-0.25, -0.2) is 0 Å². The fraction of sp³-hybridized carbons (Fsp3) is 0.636. The van der Waals surface area contributed by atoms with Crippen LogP contribution in [-0.2, 0) is 17.4 Å². The van der Waals surface area contributed by atoms with E-state index in [0.717, 1.165) is 25.3 Å². The minimum absolute atomic E-state index is 0.0620. The quantitative estimate of drug-likeness (QED) is 0.889. The fourth-order valence-corrected chi connectivity index (χ4v) is 1.99. The molecule has 2 rings (SSSR count). The number of nitrogens with zero attached hydrogens (tertiary/aromatic N) is 1. The zero-order chi connectivity index (χ0) is 13.2. The van der Waals surface area contributed by atoms with E-state index in [2.05, 4.69) is 15.0 Å². The highest BCUT2D eigenvalue weighted by molar-refractivity contribution is 5.76. The SMILES string of the molecule is O=C1CCCCC(Cc2cc(C(F)(F)F)no2)N1. The van der Waals surface area contributed by atoms with Crippen LogP contribution in [0, 0.1) is 0 Å². The van der Waals surface area contributed by atoms with Crippen molar-refractivity contribution in [2.45, 2.75) is 44.3 Å². The van der Waals surface area contributed by atoms with Crippen molar-refractivity contribution in [3.8, 4) is 0 Å². The van der Waals surface area contributed by atoms with Crippen molar-refractivity contribution in [2.24, 2.45) is 0 Å². The lowest BCUT2D eigenvalue weighted by molar-refractivity contribution is -0.142. The highest BCUT2D eigenvalue weighted by atomic mass is 19.4. The number of carbonyl (C=O) groups excluding carboxylic acids is 1. The van der Waals surface area contributed by atoms with Crippen molar-refractivity contribution in [1.82, 2.24) is 10.5 Å². The van der Waals surface area contributed by atoms with E-state index in [4.69, 9.17) is 0 Å². The molecule has 2 heterocycles. The first-order valence-corrected chi connectivity index (χ1v) is 5.77. The van der Waals surface area contributed by atoms with Crippen LogP contribution in [0.25, 0.3) is 0 Å². The van der Waals surface area contributed by atoms with Gasteiger partial charge in [-0.2, -0.15) is 13.2 Å². The number of rotatable bonds is 2. The van der Waals surface area contributed by atoms with Gasteiger partial charge in [-0.1, -0.05) is 11.6 Å². The van der Waals surface area contributed by atoms with Gasteiger partial charge in [0.2, 0.25) is 5.91 Å². The van der Waals surface area contributed by atoms with Crippen LogP contribution in [0.2, 0.25) is 0 Å². The van der Waals surface area contributed by atoms with Gasteiger partial charge in [0, 0.05) is 24.9 Å². The first-order valence-electron chi connectivity index (χ1n) is 5.77. The Hall–Kier alpha value is -1.53. The number of hydrogen-bond acceptors (Lipinski definition) is 3. The second kappa shape index (κ2) is 4.99. The second-order valence-electron chi connectivity index (χ2n) is 4.39. The van der Waals surface area contributed by atoms with Crippen LogP contribution in [0.4, 0.5) is 13.2 Å². The molecule has 1 unspecified atom stereocenters. The molecule has 1 aromatic heterocycles. The highest BCUT2D eigenvalue weighted by Crippen LogP contribution is 2.29. The molecule has 1 amide bonds. The zero-order valence-electron chi connectivity index (χ0n) is 9.59. The number of halogens is 3. The Morgan fingerprint density at radius 2 is 2.22 bits per heavy atom. The summed E-state index contributed by atoms with van der Waals surface area (Å²) in [4.78, 5) is 11.3. The van der Waals surface area contributed by atoms with E-state index in [1.807, 2.05) is 0 Å². The third-order valence-corrected chi connectivity index (χ3v) is 2.87. The molecule has 1 atom stereocenters. The molecule has 0 bridgehead atoms. The molecule has 0 saturated carbocycles. The summed E-state index contributed by atoms with van der Waals surface area (Å²) in [5, 5.41) is 5.75. The summed E-state index contributed by atoms with van der Waals surface area (Å²) < 4.78 is 41.6. The minimum atomic E-state index is -4.49. The molecule has 1 N–H and O–H groups in total. The van der Waals surface area contributed by atoms with E-state index in [9.17, 15) is 18.0 Å². The van der Waals surface area contributed by atoms with Crippen LogP contribution >= 0.6 is 0 Å². The Morgan fingerprint density at radius 3 is 2.89 bits per heavy atom. The maximum atomic E-state index is 12.3. The van der Waals surface area contributed by atoms with Crippen molar-refractivity contribution in [3.63, 3.8) is 0 Å². The van der Waals surface area contributed by atoms with Crippen LogP contribution in [0.15, 0.2) is 10.6 Å². The molecule has 0 spiro atoms. The van der Waals surface area contributed by atoms with Gasteiger partial charge in [0.1, 0.15) is 5.76 Å². The predicted molar refractivity (Wildman–Crippen MR) is 55.6 cm³/mol. The van der Waals surface area contributed by atoms with Gasteiger partial charge in [-0.3, -0.25) is 4.79 Å². The topological polar surface area (TPSA) is 55.1 Å². The number of amides is 1. The van der Waals surface area contributed by atoms with Crippen molar-refractivity contribution in [2.75, 3.05) is 0 Å². The number of alkyl halides is 3.